The number of esters is 2. The van der Waals surface area contributed by atoms with Gasteiger partial charge in [0.05, 0.1) is 23.5 Å². The molecule has 1 heterocycles. The molecule has 0 N–H and O–H groups in total. The molecule has 0 saturated carbocycles. The molecule has 1 saturated heterocycles. The molecule has 0 spiro atoms. The van der Waals surface area contributed by atoms with Gasteiger partial charge in [0, 0.05) is 4.90 Å². The second-order valence-corrected chi connectivity index (χ2v) is 8.98. The van der Waals surface area contributed by atoms with Gasteiger partial charge in [-0.3, -0.25) is 0 Å². The Kier molecular flexibility index (Phi) is 6.18. The maximum Gasteiger partial charge on any atom is 0.338 e. The van der Waals surface area contributed by atoms with Crippen LogP contribution in [0.5, 0.6) is 0 Å². The molecule has 4 atom stereocenters. The third-order valence-electron chi connectivity index (χ3n) is 5.12. The Bertz CT molecular complexity index is 972. The van der Waals surface area contributed by atoms with Crippen molar-refractivity contribution in [3.63, 3.8) is 0 Å². The summed E-state index contributed by atoms with van der Waals surface area (Å²) >= 11 is 1.43. The average Bonchev–Trinajstić information content (AvgIpc) is 3.09. The molecule has 1 fully saturated rings. The second-order valence-electron chi connectivity index (χ2n) is 7.77. The number of ether oxygens (including phenoxy) is 4. The maximum absolute atomic E-state index is 12.9. The summed E-state index contributed by atoms with van der Waals surface area (Å²) in [6.07, 6.45) is -0.120. The first-order chi connectivity index (χ1) is 14.9. The lowest BCUT2D eigenvalue weighted by Crippen LogP contribution is -2.49. The number of hydrogen-bond acceptors (Lipinski definition) is 7. The van der Waals surface area contributed by atoms with Crippen LogP contribution in [0.25, 0.3) is 0 Å². The van der Waals surface area contributed by atoms with Gasteiger partial charge in [-0.25, -0.2) is 9.59 Å². The van der Waals surface area contributed by atoms with Gasteiger partial charge < -0.3 is 18.9 Å². The van der Waals surface area contributed by atoms with Crippen LogP contribution in [-0.4, -0.2) is 48.4 Å². The Morgan fingerprint density at radius 3 is 2.23 bits per heavy atom. The Balaban J connectivity index is 1.73. The van der Waals surface area contributed by atoms with Gasteiger partial charge in [-0.1, -0.05) is 36.4 Å². The van der Waals surface area contributed by atoms with E-state index in [4.69, 9.17) is 18.9 Å². The lowest BCUT2D eigenvalue weighted by atomic mass is 9.91. The summed E-state index contributed by atoms with van der Waals surface area (Å²) in [5.74, 6) is -1.85. The lowest BCUT2D eigenvalue weighted by Gasteiger charge is -2.36. The SMILES string of the molecule is COC(=O)C1=C[C@H]2OC(C)(C)O[C@H]2[C@@H](OC(=O)c2ccccc2)[C@@H]1Sc1ccccc1. The zero-order valence-corrected chi connectivity index (χ0v) is 18.3. The topological polar surface area (TPSA) is 71.1 Å². The smallest absolute Gasteiger partial charge is 0.338 e. The zero-order chi connectivity index (χ0) is 22.0. The fourth-order valence-electron chi connectivity index (χ4n) is 3.79. The minimum absolute atomic E-state index is 0.393. The fraction of sp³-hybridized carbons (Fsp3) is 0.333. The van der Waals surface area contributed by atoms with Gasteiger partial charge in [-0.2, -0.15) is 0 Å². The van der Waals surface area contributed by atoms with Crippen LogP contribution in [0.2, 0.25) is 0 Å². The summed E-state index contributed by atoms with van der Waals surface area (Å²) in [4.78, 5) is 26.6. The van der Waals surface area contributed by atoms with Crippen LogP contribution >= 0.6 is 11.8 Å². The standard InChI is InChI=1S/C24H24O6S/c1-24(2)29-18-14-17(23(26)27-3)21(31-16-12-8-5-9-13-16)20(19(18)30-24)28-22(25)15-10-6-4-7-11-15/h4-14,18-21H,1-3H3/t18-,19-,20-,21-/m1/s1. The molecule has 162 valence electrons. The van der Waals surface area contributed by atoms with Crippen LogP contribution in [0, 0.1) is 0 Å². The third-order valence-corrected chi connectivity index (χ3v) is 6.44. The van der Waals surface area contributed by atoms with Gasteiger partial charge in [0.2, 0.25) is 0 Å². The van der Waals surface area contributed by atoms with E-state index in [1.165, 1.54) is 18.9 Å². The number of carbonyl (C=O) groups is 2. The lowest BCUT2D eigenvalue weighted by molar-refractivity contribution is -0.152. The summed E-state index contributed by atoms with van der Waals surface area (Å²) in [6.45, 7) is 3.60. The van der Waals surface area contributed by atoms with E-state index in [1.54, 1.807) is 44.2 Å². The van der Waals surface area contributed by atoms with Gasteiger partial charge in [0.15, 0.2) is 5.79 Å². The van der Waals surface area contributed by atoms with Crippen molar-refractivity contribution in [1.82, 2.24) is 0 Å². The van der Waals surface area contributed by atoms with Gasteiger partial charge in [0.1, 0.15) is 18.3 Å². The predicted octanol–water partition coefficient (Wildman–Crippen LogP) is 4.01. The molecular formula is C24H24O6S. The highest BCUT2D eigenvalue weighted by Crippen LogP contribution is 2.43. The van der Waals surface area contributed by atoms with Crippen molar-refractivity contribution < 1.29 is 28.5 Å². The minimum Gasteiger partial charge on any atom is -0.466 e. The van der Waals surface area contributed by atoms with Crippen LogP contribution in [0.15, 0.2) is 77.2 Å². The van der Waals surface area contributed by atoms with Crippen LogP contribution in [0.4, 0.5) is 0 Å². The number of fused-ring (bicyclic) bond motifs is 1. The Hall–Kier alpha value is -2.61. The van der Waals surface area contributed by atoms with Crippen LogP contribution < -0.4 is 0 Å². The molecular weight excluding hydrogens is 416 g/mol. The summed E-state index contributed by atoms with van der Waals surface area (Å²) in [5, 5.41) is -0.527. The molecule has 2 aliphatic rings. The first-order valence-electron chi connectivity index (χ1n) is 10.0. The molecule has 6 nitrogen and oxygen atoms in total. The van der Waals surface area contributed by atoms with Crippen molar-refractivity contribution in [2.24, 2.45) is 0 Å². The predicted molar refractivity (Wildman–Crippen MR) is 116 cm³/mol. The largest absolute Gasteiger partial charge is 0.466 e. The monoisotopic (exact) mass is 440 g/mol. The van der Waals surface area contributed by atoms with Crippen LogP contribution in [-0.2, 0) is 23.7 Å². The highest BCUT2D eigenvalue weighted by molar-refractivity contribution is 8.00. The van der Waals surface area contributed by atoms with E-state index < -0.39 is 41.3 Å². The van der Waals surface area contributed by atoms with Crippen LogP contribution in [0.1, 0.15) is 24.2 Å². The molecule has 0 unspecified atom stereocenters. The van der Waals surface area contributed by atoms with Gasteiger partial charge >= 0.3 is 11.9 Å². The zero-order valence-electron chi connectivity index (χ0n) is 17.5. The van der Waals surface area contributed by atoms with Gasteiger partial charge in [0.25, 0.3) is 0 Å². The minimum atomic E-state index is -0.878. The number of rotatable bonds is 5. The van der Waals surface area contributed by atoms with Crippen molar-refractivity contribution in [1.29, 1.82) is 0 Å². The van der Waals surface area contributed by atoms with E-state index in [-0.39, 0.29) is 0 Å². The van der Waals surface area contributed by atoms with E-state index in [9.17, 15) is 9.59 Å². The van der Waals surface area contributed by atoms with E-state index in [1.807, 2.05) is 36.4 Å². The number of benzene rings is 2. The molecule has 1 aliphatic heterocycles. The van der Waals surface area contributed by atoms with Crippen molar-refractivity contribution in [2.45, 2.75) is 48.1 Å². The van der Waals surface area contributed by atoms with E-state index in [2.05, 4.69) is 0 Å². The number of thioether (sulfide) groups is 1. The number of hydrogen-bond donors (Lipinski definition) is 0. The van der Waals surface area contributed by atoms with E-state index in [0.29, 0.717) is 11.1 Å². The molecule has 1 aliphatic carbocycles. The highest BCUT2D eigenvalue weighted by atomic mass is 32.2. The van der Waals surface area contributed by atoms with E-state index >= 15 is 0 Å². The first kappa shape index (κ1) is 21.6. The van der Waals surface area contributed by atoms with Crippen molar-refractivity contribution in [3.8, 4) is 0 Å². The molecule has 0 aromatic heterocycles. The Morgan fingerprint density at radius 1 is 0.935 bits per heavy atom. The van der Waals surface area contributed by atoms with Crippen LogP contribution in [0.3, 0.4) is 0 Å². The van der Waals surface area contributed by atoms with Crippen molar-refractivity contribution in [2.75, 3.05) is 7.11 Å². The average molecular weight is 441 g/mol. The summed E-state index contributed by atoms with van der Waals surface area (Å²) in [7, 11) is 1.33. The Morgan fingerprint density at radius 2 is 1.58 bits per heavy atom. The summed E-state index contributed by atoms with van der Waals surface area (Å²) in [6, 6.07) is 18.4. The van der Waals surface area contributed by atoms with Crippen molar-refractivity contribution in [3.05, 3.63) is 77.9 Å². The summed E-state index contributed by atoms with van der Waals surface area (Å²) in [5.41, 5.74) is 0.819. The number of carbonyl (C=O) groups excluding carboxylic acids is 2. The van der Waals surface area contributed by atoms with E-state index in [0.717, 1.165) is 4.90 Å². The second kappa shape index (κ2) is 8.86. The Labute approximate surface area is 185 Å². The number of methoxy groups -OCH3 is 1. The molecule has 31 heavy (non-hydrogen) atoms. The van der Waals surface area contributed by atoms with Gasteiger partial charge in [-0.05, 0) is 44.2 Å². The summed E-state index contributed by atoms with van der Waals surface area (Å²) < 4.78 is 23.1. The molecule has 0 amide bonds. The fourth-order valence-corrected chi connectivity index (χ4v) is 5.05. The maximum atomic E-state index is 12.9. The molecule has 2 aromatic rings. The molecule has 4 rings (SSSR count). The van der Waals surface area contributed by atoms with Gasteiger partial charge in [-0.15, -0.1) is 11.8 Å². The van der Waals surface area contributed by atoms with Crippen molar-refractivity contribution >= 4 is 23.7 Å². The molecule has 2 aromatic carbocycles. The molecule has 0 radical (unpaired) electrons. The highest BCUT2D eigenvalue weighted by Gasteiger charge is 2.53. The third kappa shape index (κ3) is 4.69. The molecule has 0 bridgehead atoms. The normalized spacial score (nSPS) is 26.5. The quantitative estimate of drug-likeness (QED) is 0.651. The molecule has 7 heteroatoms. The first-order valence-corrected chi connectivity index (χ1v) is 10.9.